The highest BCUT2D eigenvalue weighted by Gasteiger charge is 2.30. The zero-order valence-corrected chi connectivity index (χ0v) is 30.4. The van der Waals surface area contributed by atoms with Crippen molar-refractivity contribution in [3.8, 4) is 5.75 Å². The Morgan fingerprint density at radius 1 is 0.837 bits per heavy atom. The summed E-state index contributed by atoms with van der Waals surface area (Å²) in [5, 5.41) is 8.18. The molecule has 270 valence electrons. The van der Waals surface area contributed by atoms with Gasteiger partial charge in [0.15, 0.2) is 0 Å². The van der Waals surface area contributed by atoms with Gasteiger partial charge in [-0.3, -0.25) is 19.2 Å². The van der Waals surface area contributed by atoms with Gasteiger partial charge in [-0.15, -0.1) is 0 Å². The molecule has 2 atom stereocenters. The highest BCUT2D eigenvalue weighted by Crippen LogP contribution is 2.18. The maximum Gasteiger partial charge on any atom is 0.410 e. The van der Waals surface area contributed by atoms with Crippen LogP contribution in [0.25, 0.3) is 0 Å². The van der Waals surface area contributed by atoms with Gasteiger partial charge in [-0.05, 0) is 96.6 Å². The number of benzene rings is 2. The third kappa shape index (κ3) is 16.4. The average Bonchev–Trinajstić information content (AvgIpc) is 2.99. The zero-order valence-electron chi connectivity index (χ0n) is 30.4. The number of rotatable bonds is 16. The lowest BCUT2D eigenvalue weighted by Gasteiger charge is -2.25. The number of ether oxygens (including phenoxy) is 3. The molecule has 0 saturated carbocycles. The Bertz CT molecular complexity index is 1420. The van der Waals surface area contributed by atoms with Crippen LogP contribution in [-0.4, -0.2) is 78.2 Å². The average molecular weight is 683 g/mol. The summed E-state index contributed by atoms with van der Waals surface area (Å²) < 4.78 is 16.7. The Morgan fingerprint density at radius 2 is 1.49 bits per heavy atom. The van der Waals surface area contributed by atoms with Crippen LogP contribution in [0, 0.1) is 6.92 Å². The Hall–Kier alpha value is -4.61. The Kier molecular flexibility index (Phi) is 15.6. The van der Waals surface area contributed by atoms with Crippen molar-refractivity contribution in [1.82, 2.24) is 20.9 Å². The highest BCUT2D eigenvalue weighted by atomic mass is 16.6. The summed E-state index contributed by atoms with van der Waals surface area (Å²) in [4.78, 5) is 65.1. The molecule has 0 aliphatic heterocycles. The quantitative estimate of drug-likeness (QED) is 0.172. The van der Waals surface area contributed by atoms with E-state index in [1.54, 1.807) is 27.8 Å². The van der Waals surface area contributed by atoms with Crippen molar-refractivity contribution in [2.75, 3.05) is 20.2 Å². The van der Waals surface area contributed by atoms with E-state index in [9.17, 15) is 24.0 Å². The molecule has 0 radical (unpaired) electrons. The van der Waals surface area contributed by atoms with E-state index in [1.165, 1.54) is 11.8 Å². The summed E-state index contributed by atoms with van der Waals surface area (Å²) in [6, 6.07) is 13.0. The first kappa shape index (κ1) is 40.6. The number of esters is 1. The Balaban J connectivity index is 2.09. The second-order valence-electron chi connectivity index (χ2n) is 14.0. The van der Waals surface area contributed by atoms with Gasteiger partial charge < -0.3 is 35.1 Å². The molecule has 0 aliphatic rings. The molecular weight excluding hydrogens is 628 g/mol. The van der Waals surface area contributed by atoms with Crippen LogP contribution in [0.15, 0.2) is 48.5 Å². The van der Waals surface area contributed by atoms with Crippen molar-refractivity contribution in [2.45, 2.75) is 111 Å². The van der Waals surface area contributed by atoms with Crippen LogP contribution in [0.5, 0.6) is 5.75 Å². The fourth-order valence-electron chi connectivity index (χ4n) is 4.66. The minimum Gasteiger partial charge on any atom is -0.494 e. The molecule has 4 amide bonds. The van der Waals surface area contributed by atoms with E-state index in [0.29, 0.717) is 31.7 Å². The van der Waals surface area contributed by atoms with E-state index >= 15 is 0 Å². The van der Waals surface area contributed by atoms with Gasteiger partial charge >= 0.3 is 12.1 Å². The second-order valence-corrected chi connectivity index (χ2v) is 14.0. The van der Waals surface area contributed by atoms with Gasteiger partial charge in [-0.1, -0.05) is 36.4 Å². The fourth-order valence-corrected chi connectivity index (χ4v) is 4.66. The third-order valence-corrected chi connectivity index (χ3v) is 7.07. The van der Waals surface area contributed by atoms with E-state index in [2.05, 4.69) is 16.0 Å². The van der Waals surface area contributed by atoms with Crippen molar-refractivity contribution in [3.63, 3.8) is 0 Å². The van der Waals surface area contributed by atoms with Gasteiger partial charge in [0.2, 0.25) is 17.7 Å². The molecule has 0 bridgehead atoms. The summed E-state index contributed by atoms with van der Waals surface area (Å²) in [6.07, 6.45) is 0.584. The van der Waals surface area contributed by atoms with Gasteiger partial charge in [-0.25, -0.2) is 4.79 Å². The largest absolute Gasteiger partial charge is 0.494 e. The third-order valence-electron chi connectivity index (χ3n) is 7.07. The lowest BCUT2D eigenvalue weighted by molar-refractivity contribution is -0.156. The molecule has 0 unspecified atom stereocenters. The smallest absolute Gasteiger partial charge is 0.410 e. The normalized spacial score (nSPS) is 12.6. The fraction of sp³-hybridized carbons (Fsp3) is 0.541. The molecule has 49 heavy (non-hydrogen) atoms. The van der Waals surface area contributed by atoms with Crippen molar-refractivity contribution in [3.05, 3.63) is 65.2 Å². The summed E-state index contributed by atoms with van der Waals surface area (Å²) in [7, 11) is 1.68. The van der Waals surface area contributed by atoms with Gasteiger partial charge in [0.05, 0.1) is 13.0 Å². The molecule has 2 rings (SSSR count). The molecule has 12 heteroatoms. The molecule has 3 N–H and O–H groups in total. The van der Waals surface area contributed by atoms with Crippen molar-refractivity contribution in [2.24, 2.45) is 0 Å². The maximum absolute atomic E-state index is 13.6. The molecular formula is C37H54N4O8. The van der Waals surface area contributed by atoms with Crippen LogP contribution in [0.2, 0.25) is 0 Å². The summed E-state index contributed by atoms with van der Waals surface area (Å²) in [5.74, 6) is -1.62. The molecule has 12 nitrogen and oxygen atoms in total. The van der Waals surface area contributed by atoms with Gasteiger partial charge in [-0.2, -0.15) is 0 Å². The zero-order chi connectivity index (χ0) is 36.8. The van der Waals surface area contributed by atoms with E-state index in [-0.39, 0.29) is 19.4 Å². The molecule has 0 spiro atoms. The molecule has 2 aromatic rings. The van der Waals surface area contributed by atoms with Crippen LogP contribution < -0.4 is 20.7 Å². The Morgan fingerprint density at radius 3 is 2.10 bits per heavy atom. The predicted molar refractivity (Wildman–Crippen MR) is 187 cm³/mol. The van der Waals surface area contributed by atoms with Crippen molar-refractivity contribution < 1.29 is 38.2 Å². The number of hydrogen-bond donors (Lipinski definition) is 3. The highest BCUT2D eigenvalue weighted by molar-refractivity contribution is 5.94. The molecule has 0 heterocycles. The monoisotopic (exact) mass is 682 g/mol. The van der Waals surface area contributed by atoms with Crippen molar-refractivity contribution >= 4 is 29.8 Å². The first-order valence-electron chi connectivity index (χ1n) is 16.6. The molecule has 0 fully saturated rings. The van der Waals surface area contributed by atoms with Crippen molar-refractivity contribution in [1.29, 1.82) is 0 Å². The molecule has 0 saturated heterocycles. The molecule has 0 aliphatic carbocycles. The Labute approximate surface area is 290 Å². The van der Waals surface area contributed by atoms with Crippen LogP contribution in [0.4, 0.5) is 4.79 Å². The number of hydrogen-bond acceptors (Lipinski definition) is 8. The summed E-state index contributed by atoms with van der Waals surface area (Å²) in [6.45, 7) is 14.8. The first-order chi connectivity index (χ1) is 22.8. The minimum absolute atomic E-state index is 0.175. The summed E-state index contributed by atoms with van der Waals surface area (Å²) >= 11 is 0. The predicted octanol–water partition coefficient (Wildman–Crippen LogP) is 4.60. The lowest BCUT2D eigenvalue weighted by Crippen LogP contribution is -2.54. The van der Waals surface area contributed by atoms with E-state index in [0.717, 1.165) is 16.7 Å². The second kappa shape index (κ2) is 18.8. The van der Waals surface area contributed by atoms with E-state index in [1.807, 2.05) is 76.2 Å². The number of nitrogens with one attached hydrogen (secondary N) is 3. The van der Waals surface area contributed by atoms with Crippen LogP contribution >= 0.6 is 0 Å². The van der Waals surface area contributed by atoms with Crippen LogP contribution in [0.3, 0.4) is 0 Å². The molecule has 2 aromatic carbocycles. The SMILES string of the molecule is CC(=O)N[C@@H](CC(=O)OC(C)(C)C)C(=O)N[C@@H](CCc1ccccc1)C(=O)NCc1cc(OCCCN(C)C(=O)OC(C)(C)C)ccc1C. The maximum atomic E-state index is 13.6. The van der Waals surface area contributed by atoms with E-state index in [4.69, 9.17) is 14.2 Å². The number of amides is 4. The van der Waals surface area contributed by atoms with Gasteiger partial charge in [0.1, 0.15) is 29.0 Å². The summed E-state index contributed by atoms with van der Waals surface area (Å²) in [5.41, 5.74) is 1.40. The molecule has 0 aromatic heterocycles. The van der Waals surface area contributed by atoms with Crippen LogP contribution in [0.1, 0.15) is 84.4 Å². The van der Waals surface area contributed by atoms with Gasteiger partial charge in [0, 0.05) is 27.1 Å². The number of carbonyl (C=O) groups is 5. The van der Waals surface area contributed by atoms with Gasteiger partial charge in [0.25, 0.3) is 0 Å². The topological polar surface area (TPSA) is 152 Å². The first-order valence-corrected chi connectivity index (χ1v) is 16.6. The van der Waals surface area contributed by atoms with E-state index < -0.39 is 53.1 Å². The minimum atomic E-state index is -1.22. The standard InChI is InChI=1S/C37H54N4O8/c1-25-16-18-29(47-21-13-20-41(9)35(46)49-37(6,7)8)22-28(25)24-38-33(44)30(19-17-27-14-11-10-12-15-27)40-34(45)31(39-26(2)42)23-32(43)48-36(3,4)5/h10-12,14-16,18,22,30-31H,13,17,19-21,23-24H2,1-9H3,(H,38,44)(H,39,42)(H,40,45)/t30-,31-/m0/s1. The number of carbonyl (C=O) groups excluding carboxylic acids is 5. The van der Waals surface area contributed by atoms with Crippen LogP contribution in [-0.2, 0) is 41.6 Å². The number of aryl methyl sites for hydroxylation is 2. The number of nitrogens with zero attached hydrogens (tertiary/aromatic N) is 1. The lowest BCUT2D eigenvalue weighted by atomic mass is 10.0.